The first kappa shape index (κ1) is 12.8. The van der Waals surface area contributed by atoms with Crippen LogP contribution in [0.3, 0.4) is 0 Å². The van der Waals surface area contributed by atoms with Crippen molar-refractivity contribution in [3.63, 3.8) is 0 Å². The molecule has 0 bridgehead atoms. The summed E-state index contributed by atoms with van der Waals surface area (Å²) in [7, 11) is 3.65. The molecule has 16 heavy (non-hydrogen) atoms. The minimum Gasteiger partial charge on any atom is -0.497 e. The molecule has 0 unspecified atom stereocenters. The highest BCUT2D eigenvalue weighted by molar-refractivity contribution is 7.80. The van der Waals surface area contributed by atoms with Gasteiger partial charge in [0.15, 0.2) is 5.11 Å². The Kier molecular flexibility index (Phi) is 5.05. The average molecular weight is 238 g/mol. The number of hydrogen-bond donors (Lipinski definition) is 1. The molecule has 0 aliphatic carbocycles. The second kappa shape index (κ2) is 6.33. The lowest BCUT2D eigenvalue weighted by Crippen LogP contribution is -2.36. The van der Waals surface area contributed by atoms with Crippen molar-refractivity contribution in [2.24, 2.45) is 0 Å². The second-order valence-corrected chi connectivity index (χ2v) is 3.93. The van der Waals surface area contributed by atoms with Gasteiger partial charge in [-0.1, -0.05) is 12.1 Å². The fraction of sp³-hybridized carbons (Fsp3) is 0.417. The minimum atomic E-state index is 0.769. The summed E-state index contributed by atoms with van der Waals surface area (Å²) in [6.07, 6.45) is 0. The van der Waals surface area contributed by atoms with Crippen molar-refractivity contribution in [2.75, 3.05) is 20.7 Å². The van der Waals surface area contributed by atoms with E-state index in [4.69, 9.17) is 17.0 Å². The highest BCUT2D eigenvalue weighted by atomic mass is 32.1. The molecule has 0 heterocycles. The molecule has 88 valence electrons. The zero-order valence-electron chi connectivity index (χ0n) is 9.99. The van der Waals surface area contributed by atoms with E-state index in [1.807, 2.05) is 37.1 Å². The molecule has 0 amide bonds. The van der Waals surface area contributed by atoms with Crippen LogP contribution in [-0.2, 0) is 6.54 Å². The Morgan fingerprint density at radius 2 is 2.25 bits per heavy atom. The van der Waals surface area contributed by atoms with Crippen LogP contribution < -0.4 is 10.1 Å². The molecular formula is C12H18N2OS. The molecule has 0 aliphatic heterocycles. The number of ether oxygens (including phenoxy) is 1. The van der Waals surface area contributed by atoms with Gasteiger partial charge in [0, 0.05) is 20.1 Å². The Morgan fingerprint density at radius 1 is 1.50 bits per heavy atom. The number of nitrogens with one attached hydrogen (secondary N) is 1. The maximum atomic E-state index is 5.22. The van der Waals surface area contributed by atoms with Crippen LogP contribution >= 0.6 is 12.2 Å². The molecule has 0 aliphatic rings. The third-order valence-corrected chi connectivity index (χ3v) is 2.68. The fourth-order valence-corrected chi connectivity index (χ4v) is 1.61. The summed E-state index contributed by atoms with van der Waals surface area (Å²) >= 11 is 5.22. The predicted molar refractivity (Wildman–Crippen MR) is 70.7 cm³/mol. The summed E-state index contributed by atoms with van der Waals surface area (Å²) in [5.74, 6) is 0.875. The van der Waals surface area contributed by atoms with E-state index in [0.717, 1.165) is 24.0 Å². The SMILES string of the molecule is CCNC(=S)N(C)Cc1cccc(OC)c1. The Balaban J connectivity index is 2.61. The van der Waals surface area contributed by atoms with E-state index in [1.54, 1.807) is 7.11 Å². The third-order valence-electron chi connectivity index (χ3n) is 2.23. The summed E-state index contributed by atoms with van der Waals surface area (Å²) < 4.78 is 5.18. The summed E-state index contributed by atoms with van der Waals surface area (Å²) in [6.45, 7) is 3.66. The molecule has 1 rings (SSSR count). The smallest absolute Gasteiger partial charge is 0.168 e. The van der Waals surface area contributed by atoms with Crippen LogP contribution in [0.2, 0.25) is 0 Å². The van der Waals surface area contributed by atoms with Gasteiger partial charge < -0.3 is 15.0 Å². The van der Waals surface area contributed by atoms with Crippen LogP contribution in [0, 0.1) is 0 Å². The molecule has 3 nitrogen and oxygen atoms in total. The van der Waals surface area contributed by atoms with Crippen LogP contribution in [0.25, 0.3) is 0 Å². The van der Waals surface area contributed by atoms with Gasteiger partial charge in [-0.05, 0) is 36.8 Å². The van der Waals surface area contributed by atoms with Gasteiger partial charge >= 0.3 is 0 Å². The Morgan fingerprint density at radius 3 is 2.88 bits per heavy atom. The molecular weight excluding hydrogens is 220 g/mol. The van der Waals surface area contributed by atoms with E-state index in [0.29, 0.717) is 0 Å². The van der Waals surface area contributed by atoms with Gasteiger partial charge in [-0.3, -0.25) is 0 Å². The maximum Gasteiger partial charge on any atom is 0.168 e. The standard InChI is InChI=1S/C12H18N2OS/c1-4-13-12(16)14(2)9-10-6-5-7-11(8-10)15-3/h5-8H,4,9H2,1-3H3,(H,13,16). The van der Waals surface area contributed by atoms with E-state index in [2.05, 4.69) is 11.4 Å². The molecule has 0 saturated heterocycles. The summed E-state index contributed by atoms with van der Waals surface area (Å²) in [5, 5.41) is 3.89. The Hall–Kier alpha value is -1.29. The molecule has 1 aromatic rings. The number of methoxy groups -OCH3 is 1. The van der Waals surface area contributed by atoms with Crippen molar-refractivity contribution < 1.29 is 4.74 Å². The molecule has 0 radical (unpaired) electrons. The quantitative estimate of drug-likeness (QED) is 0.811. The van der Waals surface area contributed by atoms with Gasteiger partial charge in [-0.25, -0.2) is 0 Å². The third kappa shape index (κ3) is 3.70. The zero-order chi connectivity index (χ0) is 12.0. The van der Waals surface area contributed by atoms with Crippen molar-refractivity contribution in [3.8, 4) is 5.75 Å². The van der Waals surface area contributed by atoms with Gasteiger partial charge in [0.25, 0.3) is 0 Å². The summed E-state index contributed by atoms with van der Waals surface area (Å²) in [6, 6.07) is 8.00. The van der Waals surface area contributed by atoms with Gasteiger partial charge in [-0.2, -0.15) is 0 Å². The second-order valence-electron chi connectivity index (χ2n) is 3.54. The highest BCUT2D eigenvalue weighted by Crippen LogP contribution is 2.13. The summed E-state index contributed by atoms with van der Waals surface area (Å²) in [4.78, 5) is 2.01. The topological polar surface area (TPSA) is 24.5 Å². The van der Waals surface area contributed by atoms with Crippen LogP contribution in [-0.4, -0.2) is 30.7 Å². The molecule has 1 N–H and O–H groups in total. The van der Waals surface area contributed by atoms with E-state index in [9.17, 15) is 0 Å². The Bertz CT molecular complexity index is 355. The van der Waals surface area contributed by atoms with Gasteiger partial charge in [0.1, 0.15) is 5.75 Å². The average Bonchev–Trinajstić information content (AvgIpc) is 2.29. The number of rotatable bonds is 4. The first-order valence-corrected chi connectivity index (χ1v) is 5.70. The van der Waals surface area contributed by atoms with Gasteiger partial charge in [0.05, 0.1) is 7.11 Å². The normalized spacial score (nSPS) is 9.69. The van der Waals surface area contributed by atoms with Gasteiger partial charge in [-0.15, -0.1) is 0 Å². The van der Waals surface area contributed by atoms with Crippen molar-refractivity contribution >= 4 is 17.3 Å². The molecule has 0 atom stereocenters. The van der Waals surface area contributed by atoms with Gasteiger partial charge in [0.2, 0.25) is 0 Å². The lowest BCUT2D eigenvalue weighted by atomic mass is 10.2. The molecule has 4 heteroatoms. The molecule has 0 aromatic heterocycles. The van der Waals surface area contributed by atoms with Crippen molar-refractivity contribution in [3.05, 3.63) is 29.8 Å². The lowest BCUT2D eigenvalue weighted by Gasteiger charge is -2.20. The largest absolute Gasteiger partial charge is 0.497 e. The zero-order valence-corrected chi connectivity index (χ0v) is 10.8. The predicted octanol–water partition coefficient (Wildman–Crippen LogP) is 2.02. The summed E-state index contributed by atoms with van der Waals surface area (Å²) in [5.41, 5.74) is 1.18. The van der Waals surface area contributed by atoms with Crippen molar-refractivity contribution in [1.29, 1.82) is 0 Å². The van der Waals surface area contributed by atoms with Crippen LogP contribution in [0.5, 0.6) is 5.75 Å². The van der Waals surface area contributed by atoms with E-state index in [1.165, 1.54) is 5.56 Å². The number of hydrogen-bond acceptors (Lipinski definition) is 2. The Labute approximate surface area is 102 Å². The van der Waals surface area contributed by atoms with E-state index in [-0.39, 0.29) is 0 Å². The minimum absolute atomic E-state index is 0.769. The van der Waals surface area contributed by atoms with Crippen molar-refractivity contribution in [2.45, 2.75) is 13.5 Å². The number of thiocarbonyl (C=S) groups is 1. The first-order valence-electron chi connectivity index (χ1n) is 5.29. The number of nitrogens with zero attached hydrogens (tertiary/aromatic N) is 1. The molecule has 1 aromatic carbocycles. The van der Waals surface area contributed by atoms with Crippen molar-refractivity contribution in [1.82, 2.24) is 10.2 Å². The maximum absolute atomic E-state index is 5.22. The van der Waals surface area contributed by atoms with E-state index < -0.39 is 0 Å². The van der Waals surface area contributed by atoms with Crippen LogP contribution in [0.1, 0.15) is 12.5 Å². The highest BCUT2D eigenvalue weighted by Gasteiger charge is 2.04. The van der Waals surface area contributed by atoms with Crippen LogP contribution in [0.4, 0.5) is 0 Å². The monoisotopic (exact) mass is 238 g/mol. The molecule has 0 fully saturated rings. The van der Waals surface area contributed by atoms with E-state index >= 15 is 0 Å². The van der Waals surface area contributed by atoms with Crippen LogP contribution in [0.15, 0.2) is 24.3 Å². The lowest BCUT2D eigenvalue weighted by molar-refractivity contribution is 0.412. The molecule has 0 spiro atoms. The first-order chi connectivity index (χ1) is 7.67. The number of benzene rings is 1. The fourth-order valence-electron chi connectivity index (χ4n) is 1.40. The molecule has 0 saturated carbocycles.